The van der Waals surface area contributed by atoms with E-state index in [1.807, 2.05) is 11.8 Å². The molecule has 0 saturated carbocycles. The second-order valence-electron chi connectivity index (χ2n) is 2.81. The van der Waals surface area contributed by atoms with E-state index in [4.69, 9.17) is 0 Å². The van der Waals surface area contributed by atoms with Crippen LogP contribution in [0.1, 0.15) is 26.2 Å². The molecule has 64 valence electrons. The molecule has 0 bridgehead atoms. The van der Waals surface area contributed by atoms with Crippen LogP contribution in [0.3, 0.4) is 0 Å². The normalized spacial score (nSPS) is 25.0. The number of hydrogen-bond acceptors (Lipinski definition) is 2. The minimum atomic E-state index is 0.697. The number of nitrogens with one attached hydrogen (secondary N) is 1. The Morgan fingerprint density at radius 3 is 3.09 bits per heavy atom. The van der Waals surface area contributed by atoms with Crippen LogP contribution in [0.25, 0.3) is 0 Å². The highest BCUT2D eigenvalue weighted by Gasteiger charge is 2.11. The largest absolute Gasteiger partial charge is 0.304 e. The minimum absolute atomic E-state index is 0.697. The van der Waals surface area contributed by atoms with Crippen molar-refractivity contribution in [3.8, 4) is 0 Å². The Balaban J connectivity index is 2.01. The van der Waals surface area contributed by atoms with Gasteiger partial charge in [-0.05, 0) is 12.8 Å². The minimum Gasteiger partial charge on any atom is -0.304 e. The van der Waals surface area contributed by atoms with Crippen LogP contribution in [0.4, 0.5) is 0 Å². The number of thioether (sulfide) groups is 1. The van der Waals surface area contributed by atoms with Gasteiger partial charge in [0.1, 0.15) is 0 Å². The topological polar surface area (TPSA) is 12.0 Å². The number of rotatable bonds is 4. The highest BCUT2D eigenvalue weighted by Crippen LogP contribution is 2.16. The molecule has 0 spiro atoms. The molecule has 1 aliphatic rings. The van der Waals surface area contributed by atoms with Gasteiger partial charge in [0.05, 0.1) is 5.37 Å². The summed E-state index contributed by atoms with van der Waals surface area (Å²) >= 11 is 2.04. The van der Waals surface area contributed by atoms with Crippen LogP contribution in [0.2, 0.25) is 0 Å². The van der Waals surface area contributed by atoms with Gasteiger partial charge in [0.2, 0.25) is 0 Å². The first-order chi connectivity index (χ1) is 5.43. The average Bonchev–Trinajstić information content (AvgIpc) is 2.50. The predicted octanol–water partition coefficient (Wildman–Crippen LogP) is 2.40. The zero-order chi connectivity index (χ0) is 7.94. The third kappa shape index (κ3) is 3.82. The molecule has 1 aliphatic heterocycles. The van der Waals surface area contributed by atoms with Crippen molar-refractivity contribution < 1.29 is 0 Å². The summed E-state index contributed by atoms with van der Waals surface area (Å²) in [6.45, 7) is 3.41. The molecule has 0 aromatic carbocycles. The molecule has 0 amide bonds. The van der Waals surface area contributed by atoms with Gasteiger partial charge in [0, 0.05) is 12.3 Å². The highest BCUT2D eigenvalue weighted by molar-refractivity contribution is 8.00. The monoisotopic (exact) mass is 171 g/mol. The van der Waals surface area contributed by atoms with Crippen LogP contribution in [-0.2, 0) is 0 Å². The summed E-state index contributed by atoms with van der Waals surface area (Å²) in [4.78, 5) is 0. The van der Waals surface area contributed by atoms with Crippen LogP contribution >= 0.6 is 11.8 Å². The third-order valence-electron chi connectivity index (χ3n) is 1.77. The van der Waals surface area contributed by atoms with E-state index in [0.717, 1.165) is 0 Å². The lowest BCUT2D eigenvalue weighted by molar-refractivity contribution is 0.717. The van der Waals surface area contributed by atoms with E-state index in [-0.39, 0.29) is 0 Å². The van der Waals surface area contributed by atoms with Crippen LogP contribution < -0.4 is 5.32 Å². The Hall–Kier alpha value is 0.0500. The molecule has 1 atom stereocenters. The van der Waals surface area contributed by atoms with Crippen molar-refractivity contribution in [2.45, 2.75) is 31.6 Å². The summed E-state index contributed by atoms with van der Waals surface area (Å²) in [5.41, 5.74) is 0. The van der Waals surface area contributed by atoms with Crippen molar-refractivity contribution in [2.24, 2.45) is 0 Å². The number of allylic oxidation sites excluding steroid dienone is 1. The SMILES string of the molecule is CCC/C=C\CC1NCCS1. The number of unbranched alkanes of at least 4 members (excludes halogenated alkanes) is 1. The Morgan fingerprint density at radius 2 is 2.45 bits per heavy atom. The molecule has 1 heterocycles. The van der Waals surface area contributed by atoms with Gasteiger partial charge in [-0.15, -0.1) is 11.8 Å². The molecule has 0 aromatic heterocycles. The summed E-state index contributed by atoms with van der Waals surface area (Å²) in [5.74, 6) is 1.28. The summed E-state index contributed by atoms with van der Waals surface area (Å²) in [6.07, 6.45) is 8.30. The van der Waals surface area contributed by atoms with E-state index in [0.29, 0.717) is 5.37 Å². The fraction of sp³-hybridized carbons (Fsp3) is 0.778. The van der Waals surface area contributed by atoms with Gasteiger partial charge in [-0.2, -0.15) is 0 Å². The lowest BCUT2D eigenvalue weighted by Crippen LogP contribution is -2.18. The second-order valence-corrected chi connectivity index (χ2v) is 4.12. The van der Waals surface area contributed by atoms with Gasteiger partial charge in [-0.1, -0.05) is 25.5 Å². The van der Waals surface area contributed by atoms with Crippen LogP contribution in [-0.4, -0.2) is 17.7 Å². The van der Waals surface area contributed by atoms with E-state index in [1.165, 1.54) is 31.6 Å². The van der Waals surface area contributed by atoms with Crippen molar-refractivity contribution in [3.05, 3.63) is 12.2 Å². The zero-order valence-corrected chi connectivity index (χ0v) is 7.99. The Morgan fingerprint density at radius 1 is 1.55 bits per heavy atom. The maximum Gasteiger partial charge on any atom is 0.0567 e. The van der Waals surface area contributed by atoms with Crippen molar-refractivity contribution in [1.29, 1.82) is 0 Å². The molecule has 1 N–H and O–H groups in total. The Bertz CT molecular complexity index is 117. The molecule has 0 aliphatic carbocycles. The van der Waals surface area contributed by atoms with Crippen molar-refractivity contribution >= 4 is 11.8 Å². The van der Waals surface area contributed by atoms with Gasteiger partial charge in [-0.25, -0.2) is 0 Å². The fourth-order valence-corrected chi connectivity index (χ4v) is 2.14. The average molecular weight is 171 g/mol. The molecule has 1 nitrogen and oxygen atoms in total. The van der Waals surface area contributed by atoms with Gasteiger partial charge >= 0.3 is 0 Å². The Kier molecular flexibility index (Phi) is 4.71. The summed E-state index contributed by atoms with van der Waals surface area (Å²) < 4.78 is 0. The van der Waals surface area contributed by atoms with Gasteiger partial charge in [0.15, 0.2) is 0 Å². The van der Waals surface area contributed by atoms with Gasteiger partial charge in [0.25, 0.3) is 0 Å². The first-order valence-electron chi connectivity index (χ1n) is 4.43. The maximum absolute atomic E-state index is 3.45. The third-order valence-corrected chi connectivity index (χ3v) is 2.97. The van der Waals surface area contributed by atoms with Crippen LogP contribution in [0.15, 0.2) is 12.2 Å². The highest BCUT2D eigenvalue weighted by atomic mass is 32.2. The molecule has 0 radical (unpaired) electrons. The van der Waals surface area contributed by atoms with Gasteiger partial charge in [-0.3, -0.25) is 0 Å². The first kappa shape index (κ1) is 9.14. The van der Waals surface area contributed by atoms with Crippen LogP contribution in [0, 0.1) is 0 Å². The molecule has 1 fully saturated rings. The quantitative estimate of drug-likeness (QED) is 0.652. The van der Waals surface area contributed by atoms with Crippen molar-refractivity contribution in [3.63, 3.8) is 0 Å². The fourth-order valence-electron chi connectivity index (χ4n) is 1.14. The predicted molar refractivity (Wildman–Crippen MR) is 52.9 cm³/mol. The summed E-state index contributed by atoms with van der Waals surface area (Å²) in [5, 5.41) is 4.14. The molecule has 1 rings (SSSR count). The standard InChI is InChI=1S/C9H17NS/c1-2-3-4-5-6-9-10-7-8-11-9/h4-5,9-10H,2-3,6-8H2,1H3/b5-4-. The molecule has 11 heavy (non-hydrogen) atoms. The molecule has 1 saturated heterocycles. The molecule has 2 heteroatoms. The van der Waals surface area contributed by atoms with E-state index in [9.17, 15) is 0 Å². The van der Waals surface area contributed by atoms with E-state index >= 15 is 0 Å². The summed E-state index contributed by atoms with van der Waals surface area (Å²) in [7, 11) is 0. The Labute approximate surface area is 73.6 Å². The van der Waals surface area contributed by atoms with Crippen molar-refractivity contribution in [2.75, 3.05) is 12.3 Å². The van der Waals surface area contributed by atoms with Gasteiger partial charge < -0.3 is 5.32 Å². The lowest BCUT2D eigenvalue weighted by Gasteiger charge is -2.03. The number of hydrogen-bond donors (Lipinski definition) is 1. The maximum atomic E-state index is 3.45. The second kappa shape index (κ2) is 5.67. The zero-order valence-electron chi connectivity index (χ0n) is 7.18. The molecule has 0 aromatic rings. The molecule has 1 unspecified atom stereocenters. The van der Waals surface area contributed by atoms with E-state index < -0.39 is 0 Å². The lowest BCUT2D eigenvalue weighted by atomic mass is 10.3. The van der Waals surface area contributed by atoms with Crippen molar-refractivity contribution in [1.82, 2.24) is 5.32 Å². The molecular weight excluding hydrogens is 154 g/mol. The first-order valence-corrected chi connectivity index (χ1v) is 5.48. The molecular formula is C9H17NS. The van der Waals surface area contributed by atoms with E-state index in [2.05, 4.69) is 24.4 Å². The smallest absolute Gasteiger partial charge is 0.0567 e. The van der Waals surface area contributed by atoms with E-state index in [1.54, 1.807) is 0 Å². The summed E-state index contributed by atoms with van der Waals surface area (Å²) in [6, 6.07) is 0. The van der Waals surface area contributed by atoms with Crippen LogP contribution in [0.5, 0.6) is 0 Å².